The second-order valence-electron chi connectivity index (χ2n) is 7.46. The number of aliphatic hydroxyl groups excluding tert-OH is 1. The van der Waals surface area contributed by atoms with Crippen LogP contribution in [0.3, 0.4) is 0 Å². The van der Waals surface area contributed by atoms with E-state index in [9.17, 15) is 9.90 Å². The summed E-state index contributed by atoms with van der Waals surface area (Å²) in [5, 5.41) is 10.3. The van der Waals surface area contributed by atoms with E-state index in [1.807, 2.05) is 0 Å². The maximum Gasteiger partial charge on any atom is 0.222 e. The van der Waals surface area contributed by atoms with Crippen LogP contribution in [-0.2, 0) is 11.2 Å². The number of likely N-dealkylation sites (N-methyl/N-ethyl adjacent to an activating group) is 2. The number of aliphatic hydroxyl groups is 1. The van der Waals surface area contributed by atoms with E-state index in [2.05, 4.69) is 48.9 Å². The SMILES string of the molecule is Cc1ccc(CCC(=O)N(C)CC(O)CN2CCN(C)CC2)c(C)c1. The first-order valence-electron chi connectivity index (χ1n) is 9.24. The van der Waals surface area contributed by atoms with Crippen molar-refractivity contribution < 1.29 is 9.90 Å². The molecule has 0 spiro atoms. The third-order valence-electron chi connectivity index (χ3n) is 5.08. The Morgan fingerprint density at radius 1 is 1.24 bits per heavy atom. The monoisotopic (exact) mass is 347 g/mol. The Morgan fingerprint density at radius 3 is 2.56 bits per heavy atom. The van der Waals surface area contributed by atoms with Gasteiger partial charge < -0.3 is 14.9 Å². The number of β-amino-alcohol motifs (C(OH)–C–C–N with tert-alkyl or cyclic N) is 1. The van der Waals surface area contributed by atoms with Crippen LogP contribution in [0.1, 0.15) is 23.1 Å². The predicted molar refractivity (Wildman–Crippen MR) is 102 cm³/mol. The number of carbonyl (C=O) groups is 1. The number of hydrogen-bond acceptors (Lipinski definition) is 4. The number of aryl methyl sites for hydroxylation is 3. The van der Waals surface area contributed by atoms with Crippen molar-refractivity contribution in [2.24, 2.45) is 0 Å². The lowest BCUT2D eigenvalue weighted by Crippen LogP contribution is -2.49. The van der Waals surface area contributed by atoms with Gasteiger partial charge in [0.25, 0.3) is 0 Å². The van der Waals surface area contributed by atoms with E-state index in [-0.39, 0.29) is 5.91 Å². The van der Waals surface area contributed by atoms with E-state index in [1.165, 1.54) is 16.7 Å². The summed E-state index contributed by atoms with van der Waals surface area (Å²) in [6.07, 6.45) is 0.754. The van der Waals surface area contributed by atoms with Crippen molar-refractivity contribution in [1.82, 2.24) is 14.7 Å². The smallest absolute Gasteiger partial charge is 0.222 e. The highest BCUT2D eigenvalue weighted by Crippen LogP contribution is 2.13. The molecule has 1 atom stereocenters. The van der Waals surface area contributed by atoms with Crippen molar-refractivity contribution in [1.29, 1.82) is 0 Å². The van der Waals surface area contributed by atoms with Crippen molar-refractivity contribution in [3.8, 4) is 0 Å². The van der Waals surface area contributed by atoms with Crippen molar-refractivity contribution >= 4 is 5.91 Å². The lowest BCUT2D eigenvalue weighted by molar-refractivity contribution is -0.131. The molecule has 0 bridgehead atoms. The van der Waals surface area contributed by atoms with E-state index >= 15 is 0 Å². The summed E-state index contributed by atoms with van der Waals surface area (Å²) in [6, 6.07) is 6.36. The highest BCUT2D eigenvalue weighted by atomic mass is 16.3. The Kier molecular flexibility index (Phi) is 7.41. The number of benzene rings is 1. The van der Waals surface area contributed by atoms with Gasteiger partial charge in [-0.3, -0.25) is 9.69 Å². The van der Waals surface area contributed by atoms with Crippen LogP contribution in [0.5, 0.6) is 0 Å². The van der Waals surface area contributed by atoms with Crippen molar-refractivity contribution in [3.63, 3.8) is 0 Å². The molecule has 1 aromatic carbocycles. The van der Waals surface area contributed by atoms with Crippen LogP contribution in [-0.4, -0.2) is 85.2 Å². The molecule has 1 saturated heterocycles. The molecule has 0 aromatic heterocycles. The van der Waals surface area contributed by atoms with Crippen LogP contribution in [0.4, 0.5) is 0 Å². The van der Waals surface area contributed by atoms with Gasteiger partial charge >= 0.3 is 0 Å². The fraction of sp³-hybridized carbons (Fsp3) is 0.650. The quantitative estimate of drug-likeness (QED) is 0.808. The van der Waals surface area contributed by atoms with Crippen LogP contribution >= 0.6 is 0 Å². The summed E-state index contributed by atoms with van der Waals surface area (Å²) in [5.41, 5.74) is 3.72. The Bertz CT molecular complexity index is 568. The van der Waals surface area contributed by atoms with Crippen LogP contribution in [0.15, 0.2) is 18.2 Å². The van der Waals surface area contributed by atoms with Gasteiger partial charge in [-0.2, -0.15) is 0 Å². The second kappa shape index (κ2) is 9.32. The highest BCUT2D eigenvalue weighted by molar-refractivity contribution is 5.76. The van der Waals surface area contributed by atoms with E-state index in [1.54, 1.807) is 11.9 Å². The van der Waals surface area contributed by atoms with Crippen molar-refractivity contribution in [3.05, 3.63) is 34.9 Å². The molecule has 1 aliphatic rings. The number of piperazine rings is 1. The van der Waals surface area contributed by atoms with E-state index in [4.69, 9.17) is 0 Å². The number of rotatable bonds is 7. The molecule has 140 valence electrons. The van der Waals surface area contributed by atoms with Gasteiger partial charge in [-0.15, -0.1) is 0 Å². The van der Waals surface area contributed by atoms with Crippen LogP contribution in [0, 0.1) is 13.8 Å². The maximum absolute atomic E-state index is 12.4. The molecule has 0 radical (unpaired) electrons. The third-order valence-corrected chi connectivity index (χ3v) is 5.08. The Hall–Kier alpha value is -1.43. The van der Waals surface area contributed by atoms with Gasteiger partial charge in [0.05, 0.1) is 6.10 Å². The molecule has 1 N–H and O–H groups in total. The first-order chi connectivity index (χ1) is 11.8. The molecule has 5 heteroatoms. The first kappa shape index (κ1) is 19.9. The summed E-state index contributed by atoms with van der Waals surface area (Å²) in [6.45, 7) is 9.26. The predicted octanol–water partition coefficient (Wildman–Crippen LogP) is 1.30. The van der Waals surface area contributed by atoms with Crippen LogP contribution in [0.2, 0.25) is 0 Å². The van der Waals surface area contributed by atoms with E-state index in [0.717, 1.165) is 32.6 Å². The lowest BCUT2D eigenvalue weighted by atomic mass is 10.0. The normalized spacial score (nSPS) is 17.5. The molecule has 25 heavy (non-hydrogen) atoms. The standard InChI is InChI=1S/C20H33N3O2/c1-16-5-6-18(17(2)13-16)7-8-20(25)22(4)14-19(24)15-23-11-9-21(3)10-12-23/h5-6,13,19,24H,7-12,14-15H2,1-4H3. The first-order valence-corrected chi connectivity index (χ1v) is 9.24. The average Bonchev–Trinajstić information content (AvgIpc) is 2.55. The van der Waals surface area contributed by atoms with Crippen LogP contribution < -0.4 is 0 Å². The molecular formula is C20H33N3O2. The molecule has 1 heterocycles. The number of hydrogen-bond donors (Lipinski definition) is 1. The molecule has 1 amide bonds. The molecule has 1 aliphatic heterocycles. The topological polar surface area (TPSA) is 47.0 Å². The minimum Gasteiger partial charge on any atom is -0.390 e. The summed E-state index contributed by atoms with van der Waals surface area (Å²) >= 11 is 0. The summed E-state index contributed by atoms with van der Waals surface area (Å²) in [7, 11) is 3.91. The van der Waals surface area contributed by atoms with Gasteiger partial charge in [0, 0.05) is 52.7 Å². The Balaban J connectivity index is 1.73. The third kappa shape index (κ3) is 6.42. The van der Waals surface area contributed by atoms with Crippen molar-refractivity contribution in [2.75, 3.05) is 53.4 Å². The fourth-order valence-electron chi connectivity index (χ4n) is 3.36. The Morgan fingerprint density at radius 2 is 1.92 bits per heavy atom. The van der Waals surface area contributed by atoms with E-state index < -0.39 is 6.10 Å². The molecule has 0 aliphatic carbocycles. The molecular weight excluding hydrogens is 314 g/mol. The second-order valence-corrected chi connectivity index (χ2v) is 7.46. The number of nitrogens with zero attached hydrogens (tertiary/aromatic N) is 3. The minimum atomic E-state index is -0.488. The zero-order chi connectivity index (χ0) is 18.4. The van der Waals surface area contributed by atoms with Crippen molar-refractivity contribution in [2.45, 2.75) is 32.8 Å². The molecule has 5 nitrogen and oxygen atoms in total. The molecule has 1 unspecified atom stereocenters. The summed E-state index contributed by atoms with van der Waals surface area (Å²) in [5.74, 6) is 0.0948. The zero-order valence-corrected chi connectivity index (χ0v) is 16.2. The van der Waals surface area contributed by atoms with Gasteiger partial charge in [0.1, 0.15) is 0 Å². The minimum absolute atomic E-state index is 0.0948. The number of carbonyl (C=O) groups excluding carboxylic acids is 1. The van der Waals surface area contributed by atoms with E-state index in [0.29, 0.717) is 19.5 Å². The largest absolute Gasteiger partial charge is 0.390 e. The van der Waals surface area contributed by atoms with Gasteiger partial charge in [-0.1, -0.05) is 23.8 Å². The maximum atomic E-state index is 12.4. The zero-order valence-electron chi connectivity index (χ0n) is 16.2. The van der Waals surface area contributed by atoms with Gasteiger partial charge in [0.15, 0.2) is 0 Å². The highest BCUT2D eigenvalue weighted by Gasteiger charge is 2.19. The molecule has 1 fully saturated rings. The molecule has 2 rings (SSSR count). The Labute approximate surface area is 152 Å². The van der Waals surface area contributed by atoms with Gasteiger partial charge in [0.2, 0.25) is 5.91 Å². The van der Waals surface area contributed by atoms with Gasteiger partial charge in [-0.25, -0.2) is 0 Å². The average molecular weight is 348 g/mol. The summed E-state index contributed by atoms with van der Waals surface area (Å²) in [4.78, 5) is 18.6. The fourth-order valence-corrected chi connectivity index (χ4v) is 3.36. The lowest BCUT2D eigenvalue weighted by Gasteiger charge is -2.34. The van der Waals surface area contributed by atoms with Crippen LogP contribution in [0.25, 0.3) is 0 Å². The van der Waals surface area contributed by atoms with Gasteiger partial charge in [-0.05, 0) is 38.4 Å². The molecule has 1 aromatic rings. The number of amides is 1. The summed E-state index contributed by atoms with van der Waals surface area (Å²) < 4.78 is 0. The molecule has 0 saturated carbocycles.